The van der Waals surface area contributed by atoms with Gasteiger partial charge < -0.3 is 4.90 Å². The van der Waals surface area contributed by atoms with Crippen LogP contribution in [0, 0.1) is 5.82 Å². The molecule has 0 heterocycles. The van der Waals surface area contributed by atoms with Crippen molar-refractivity contribution in [2.24, 2.45) is 0 Å². The molecule has 1 aliphatic rings. The number of carbonyl (C=O) groups excluding carboxylic acids is 1. The Morgan fingerprint density at radius 2 is 1.85 bits per heavy atom. The van der Waals surface area contributed by atoms with Crippen molar-refractivity contribution in [2.45, 2.75) is 51.5 Å². The second kappa shape index (κ2) is 7.53. The lowest BCUT2D eigenvalue weighted by molar-refractivity contribution is 0.0974. The monoisotopic (exact) mass is 277 g/mol. The Labute approximate surface area is 121 Å². The molecule has 0 spiro atoms. The van der Waals surface area contributed by atoms with E-state index < -0.39 is 0 Å². The molecular weight excluding hydrogens is 253 g/mol. The molecule has 0 atom stereocenters. The van der Waals surface area contributed by atoms with Crippen molar-refractivity contribution >= 4 is 5.78 Å². The molecule has 0 N–H and O–H groups in total. The van der Waals surface area contributed by atoms with Crippen molar-refractivity contribution < 1.29 is 9.18 Å². The van der Waals surface area contributed by atoms with Crippen LogP contribution in [0.5, 0.6) is 0 Å². The summed E-state index contributed by atoms with van der Waals surface area (Å²) >= 11 is 0. The minimum Gasteiger partial charge on any atom is -0.300 e. The molecule has 2 rings (SSSR count). The SMILES string of the molecule is CCCCN(CCCC(=O)c1ccc(F)cc1)C1CC1. The lowest BCUT2D eigenvalue weighted by atomic mass is 10.1. The van der Waals surface area contributed by atoms with Crippen molar-refractivity contribution in [2.75, 3.05) is 13.1 Å². The summed E-state index contributed by atoms with van der Waals surface area (Å²) in [6.07, 6.45) is 6.54. The molecule has 0 radical (unpaired) electrons. The zero-order chi connectivity index (χ0) is 14.4. The number of halogens is 1. The van der Waals surface area contributed by atoms with Crippen molar-refractivity contribution in [3.63, 3.8) is 0 Å². The molecule has 1 aromatic rings. The number of hydrogen-bond donors (Lipinski definition) is 0. The van der Waals surface area contributed by atoms with E-state index in [1.54, 1.807) is 12.1 Å². The van der Waals surface area contributed by atoms with Crippen molar-refractivity contribution in [1.82, 2.24) is 4.90 Å². The molecule has 1 aliphatic carbocycles. The van der Waals surface area contributed by atoms with Crippen LogP contribution in [0.25, 0.3) is 0 Å². The Balaban J connectivity index is 1.73. The van der Waals surface area contributed by atoms with Gasteiger partial charge in [-0.3, -0.25) is 4.79 Å². The number of carbonyl (C=O) groups is 1. The highest BCUT2D eigenvalue weighted by Crippen LogP contribution is 2.27. The summed E-state index contributed by atoms with van der Waals surface area (Å²) in [6, 6.07) is 6.62. The number of Topliss-reactive ketones (excluding diaryl/α,β-unsaturated/α-hetero) is 1. The van der Waals surface area contributed by atoms with Crippen molar-refractivity contribution in [1.29, 1.82) is 0 Å². The third-order valence-corrected chi connectivity index (χ3v) is 3.88. The molecule has 3 heteroatoms. The minimum atomic E-state index is -0.291. The maximum absolute atomic E-state index is 12.8. The molecule has 2 nitrogen and oxygen atoms in total. The van der Waals surface area contributed by atoms with E-state index in [1.165, 1.54) is 37.8 Å². The number of nitrogens with zero attached hydrogens (tertiary/aromatic N) is 1. The zero-order valence-electron chi connectivity index (χ0n) is 12.3. The first-order valence-corrected chi connectivity index (χ1v) is 7.73. The highest BCUT2D eigenvalue weighted by atomic mass is 19.1. The second-order valence-electron chi connectivity index (χ2n) is 5.65. The normalized spacial score (nSPS) is 14.8. The van der Waals surface area contributed by atoms with Crippen molar-refractivity contribution in [3.8, 4) is 0 Å². The Morgan fingerprint density at radius 1 is 1.20 bits per heavy atom. The first-order valence-electron chi connectivity index (χ1n) is 7.73. The van der Waals surface area contributed by atoms with Crippen molar-refractivity contribution in [3.05, 3.63) is 35.6 Å². The van der Waals surface area contributed by atoms with Crippen LogP contribution in [-0.4, -0.2) is 29.8 Å². The largest absolute Gasteiger partial charge is 0.300 e. The topological polar surface area (TPSA) is 20.3 Å². The third-order valence-electron chi connectivity index (χ3n) is 3.88. The molecule has 0 aliphatic heterocycles. The lowest BCUT2D eigenvalue weighted by Crippen LogP contribution is -2.28. The van der Waals surface area contributed by atoms with Gasteiger partial charge >= 0.3 is 0 Å². The van der Waals surface area contributed by atoms with Gasteiger partial charge in [-0.05, 0) is 63.0 Å². The summed E-state index contributed by atoms with van der Waals surface area (Å²) in [5.74, 6) is -0.169. The van der Waals surface area contributed by atoms with E-state index in [-0.39, 0.29) is 11.6 Å². The molecule has 110 valence electrons. The first kappa shape index (κ1) is 15.2. The summed E-state index contributed by atoms with van der Waals surface area (Å²) in [5.41, 5.74) is 0.623. The van der Waals surface area contributed by atoms with E-state index in [1.807, 2.05) is 0 Å². The van der Waals surface area contributed by atoms with E-state index in [0.717, 1.165) is 25.6 Å². The van der Waals surface area contributed by atoms with E-state index >= 15 is 0 Å². The average molecular weight is 277 g/mol. The molecule has 1 fully saturated rings. The number of benzene rings is 1. The van der Waals surface area contributed by atoms with Crippen LogP contribution >= 0.6 is 0 Å². The molecular formula is C17H24FNO. The summed E-state index contributed by atoms with van der Waals surface area (Å²) < 4.78 is 12.8. The van der Waals surface area contributed by atoms with Crippen LogP contribution in [0.1, 0.15) is 55.8 Å². The predicted molar refractivity (Wildman–Crippen MR) is 79.5 cm³/mol. The van der Waals surface area contributed by atoms with Gasteiger partial charge in [0.1, 0.15) is 5.82 Å². The van der Waals surface area contributed by atoms with E-state index in [2.05, 4.69) is 11.8 Å². The average Bonchev–Trinajstić information content (AvgIpc) is 3.27. The fourth-order valence-electron chi connectivity index (χ4n) is 2.50. The van der Waals surface area contributed by atoms with E-state index in [0.29, 0.717) is 12.0 Å². The Kier molecular flexibility index (Phi) is 5.72. The van der Waals surface area contributed by atoms with Gasteiger partial charge in [0.2, 0.25) is 0 Å². The predicted octanol–water partition coefficient (Wildman–Crippen LogP) is 4.05. The maximum atomic E-state index is 12.8. The van der Waals surface area contributed by atoms with Crippen LogP contribution in [0.15, 0.2) is 24.3 Å². The molecule has 1 aromatic carbocycles. The fraction of sp³-hybridized carbons (Fsp3) is 0.588. The Bertz CT molecular complexity index is 425. The van der Waals surface area contributed by atoms with Gasteiger partial charge in [-0.2, -0.15) is 0 Å². The molecule has 0 saturated heterocycles. The standard InChI is InChI=1S/C17H24FNO/c1-2-3-12-19(16-10-11-16)13-4-5-17(20)14-6-8-15(18)9-7-14/h6-9,16H,2-5,10-13H2,1H3. The zero-order valence-corrected chi connectivity index (χ0v) is 12.3. The maximum Gasteiger partial charge on any atom is 0.162 e. The fourth-order valence-corrected chi connectivity index (χ4v) is 2.50. The number of ketones is 1. The van der Waals surface area contributed by atoms with Gasteiger partial charge in [0, 0.05) is 18.0 Å². The van der Waals surface area contributed by atoms with Gasteiger partial charge in [-0.15, -0.1) is 0 Å². The van der Waals surface area contributed by atoms with Crippen LogP contribution in [0.4, 0.5) is 4.39 Å². The molecule has 20 heavy (non-hydrogen) atoms. The molecule has 0 bridgehead atoms. The minimum absolute atomic E-state index is 0.122. The Morgan fingerprint density at radius 3 is 2.45 bits per heavy atom. The van der Waals surface area contributed by atoms with Gasteiger partial charge in [-0.1, -0.05) is 13.3 Å². The molecule has 0 aromatic heterocycles. The highest BCUT2D eigenvalue weighted by Gasteiger charge is 2.27. The first-order chi connectivity index (χ1) is 9.70. The van der Waals surface area contributed by atoms with Crippen LogP contribution in [0.2, 0.25) is 0 Å². The molecule has 1 saturated carbocycles. The molecule has 0 amide bonds. The Hall–Kier alpha value is -1.22. The third kappa shape index (κ3) is 4.71. The van der Waals surface area contributed by atoms with Crippen LogP contribution in [-0.2, 0) is 0 Å². The van der Waals surface area contributed by atoms with Gasteiger partial charge in [0.05, 0.1) is 0 Å². The number of rotatable bonds is 9. The van der Waals surface area contributed by atoms with Gasteiger partial charge in [0.25, 0.3) is 0 Å². The summed E-state index contributed by atoms with van der Waals surface area (Å²) in [5, 5.41) is 0. The second-order valence-corrected chi connectivity index (χ2v) is 5.65. The van der Waals surface area contributed by atoms with E-state index in [4.69, 9.17) is 0 Å². The van der Waals surface area contributed by atoms with E-state index in [9.17, 15) is 9.18 Å². The summed E-state index contributed by atoms with van der Waals surface area (Å²) in [7, 11) is 0. The number of hydrogen-bond acceptors (Lipinski definition) is 2. The smallest absolute Gasteiger partial charge is 0.162 e. The highest BCUT2D eigenvalue weighted by molar-refractivity contribution is 5.95. The van der Waals surface area contributed by atoms with Crippen LogP contribution in [0.3, 0.4) is 0 Å². The summed E-state index contributed by atoms with van der Waals surface area (Å²) in [6.45, 7) is 4.38. The summed E-state index contributed by atoms with van der Waals surface area (Å²) in [4.78, 5) is 14.5. The quantitative estimate of drug-likeness (QED) is 0.635. The van der Waals surface area contributed by atoms with Crippen LogP contribution < -0.4 is 0 Å². The molecule has 0 unspecified atom stereocenters. The lowest BCUT2D eigenvalue weighted by Gasteiger charge is -2.21. The van der Waals surface area contributed by atoms with Gasteiger partial charge in [-0.25, -0.2) is 4.39 Å². The number of unbranched alkanes of at least 4 members (excludes halogenated alkanes) is 1. The van der Waals surface area contributed by atoms with Gasteiger partial charge in [0.15, 0.2) is 5.78 Å².